The van der Waals surface area contributed by atoms with Crippen molar-refractivity contribution in [2.24, 2.45) is 0 Å². The summed E-state index contributed by atoms with van der Waals surface area (Å²) >= 11 is 0. The lowest BCUT2D eigenvalue weighted by Gasteiger charge is -2.14. The number of nitriles is 1. The lowest BCUT2D eigenvalue weighted by atomic mass is 10.2. The molecule has 0 aromatic carbocycles. The highest BCUT2D eigenvalue weighted by molar-refractivity contribution is 5.77. The molecule has 1 rings (SSSR count). The monoisotopic (exact) mass is 236 g/mol. The highest BCUT2D eigenvalue weighted by Crippen LogP contribution is 2.10. The summed E-state index contributed by atoms with van der Waals surface area (Å²) in [6, 6.07) is 0.973. The molecule has 0 bridgehead atoms. The molecule has 0 saturated carbocycles. The maximum Gasteiger partial charge on any atom is 0.326 e. The predicted octanol–water partition coefficient (Wildman–Crippen LogP) is 0.250. The highest BCUT2D eigenvalue weighted by Gasteiger charge is 2.19. The zero-order chi connectivity index (χ0) is 12.7. The number of carbonyl (C=O) groups is 1. The number of nitrogens with zero attached hydrogens (tertiary/aromatic N) is 3. The number of aliphatic carboxylic acids is 1. The number of ether oxygens (including phenoxy) is 1. The molecule has 0 amide bonds. The van der Waals surface area contributed by atoms with E-state index in [-0.39, 0.29) is 17.9 Å². The van der Waals surface area contributed by atoms with Gasteiger partial charge in [0, 0.05) is 32.5 Å². The van der Waals surface area contributed by atoms with Crippen molar-refractivity contribution in [3.05, 3.63) is 18.1 Å². The van der Waals surface area contributed by atoms with E-state index in [0.717, 1.165) is 0 Å². The van der Waals surface area contributed by atoms with Gasteiger partial charge in [-0.2, -0.15) is 5.26 Å². The third-order valence-electron chi connectivity index (χ3n) is 2.02. The SMILES string of the molecule is COCCC(Nc1nccnc1C#N)C(=O)O. The van der Waals surface area contributed by atoms with Gasteiger partial charge in [-0.1, -0.05) is 0 Å². The summed E-state index contributed by atoms with van der Waals surface area (Å²) in [4.78, 5) is 18.6. The molecule has 0 saturated heterocycles. The molecule has 0 fully saturated rings. The number of carboxylic acid groups (broad SMARTS) is 1. The van der Waals surface area contributed by atoms with Crippen LogP contribution in [0.25, 0.3) is 0 Å². The van der Waals surface area contributed by atoms with Gasteiger partial charge in [-0.05, 0) is 0 Å². The summed E-state index contributed by atoms with van der Waals surface area (Å²) in [7, 11) is 1.49. The lowest BCUT2D eigenvalue weighted by Crippen LogP contribution is -2.31. The molecule has 1 heterocycles. The fraction of sp³-hybridized carbons (Fsp3) is 0.400. The van der Waals surface area contributed by atoms with E-state index in [1.165, 1.54) is 19.5 Å². The molecule has 0 aliphatic carbocycles. The second-order valence-electron chi connectivity index (χ2n) is 3.18. The van der Waals surface area contributed by atoms with Crippen LogP contribution in [-0.2, 0) is 9.53 Å². The fourth-order valence-corrected chi connectivity index (χ4v) is 1.18. The van der Waals surface area contributed by atoms with Crippen molar-refractivity contribution in [3.8, 4) is 6.07 Å². The quantitative estimate of drug-likeness (QED) is 0.728. The number of methoxy groups -OCH3 is 1. The average Bonchev–Trinajstić information content (AvgIpc) is 2.34. The number of carboxylic acids is 1. The van der Waals surface area contributed by atoms with Gasteiger partial charge in [0.05, 0.1) is 0 Å². The first kappa shape index (κ1) is 12.9. The maximum atomic E-state index is 11.0. The summed E-state index contributed by atoms with van der Waals surface area (Å²) in [6.07, 6.45) is 3.03. The molecular formula is C10H12N4O3. The summed E-state index contributed by atoms with van der Waals surface area (Å²) in [5.41, 5.74) is 0.0659. The number of rotatable bonds is 6. The largest absolute Gasteiger partial charge is 0.480 e. The first-order chi connectivity index (χ1) is 8.19. The fourth-order valence-electron chi connectivity index (χ4n) is 1.18. The Bertz CT molecular complexity index is 430. The Morgan fingerprint density at radius 2 is 2.35 bits per heavy atom. The van der Waals surface area contributed by atoms with E-state index in [2.05, 4.69) is 15.3 Å². The Labute approximate surface area is 98.1 Å². The molecule has 1 unspecified atom stereocenters. The zero-order valence-electron chi connectivity index (χ0n) is 9.25. The van der Waals surface area contributed by atoms with Gasteiger partial charge in [0.15, 0.2) is 11.5 Å². The third kappa shape index (κ3) is 3.70. The summed E-state index contributed by atoms with van der Waals surface area (Å²) in [6.45, 7) is 0.298. The van der Waals surface area contributed by atoms with Crippen LogP contribution in [0, 0.1) is 11.3 Å². The molecular weight excluding hydrogens is 224 g/mol. The highest BCUT2D eigenvalue weighted by atomic mass is 16.5. The smallest absolute Gasteiger partial charge is 0.326 e. The third-order valence-corrected chi connectivity index (χ3v) is 2.02. The number of aromatic nitrogens is 2. The van der Waals surface area contributed by atoms with Crippen LogP contribution in [0.3, 0.4) is 0 Å². The molecule has 1 aromatic rings. The van der Waals surface area contributed by atoms with Gasteiger partial charge in [-0.3, -0.25) is 0 Å². The minimum atomic E-state index is -1.03. The first-order valence-corrected chi connectivity index (χ1v) is 4.88. The van der Waals surface area contributed by atoms with Crippen molar-refractivity contribution in [3.63, 3.8) is 0 Å². The van der Waals surface area contributed by atoms with E-state index in [9.17, 15) is 4.79 Å². The van der Waals surface area contributed by atoms with Crippen molar-refractivity contribution in [1.82, 2.24) is 9.97 Å². The summed E-state index contributed by atoms with van der Waals surface area (Å²) in [5, 5.41) is 20.4. The molecule has 2 N–H and O–H groups in total. The van der Waals surface area contributed by atoms with E-state index in [0.29, 0.717) is 6.61 Å². The van der Waals surface area contributed by atoms with Crippen LogP contribution >= 0.6 is 0 Å². The average molecular weight is 236 g/mol. The maximum absolute atomic E-state index is 11.0. The molecule has 0 aliphatic rings. The van der Waals surface area contributed by atoms with Gasteiger partial charge < -0.3 is 15.2 Å². The Morgan fingerprint density at radius 1 is 1.65 bits per heavy atom. The van der Waals surface area contributed by atoms with Crippen LogP contribution < -0.4 is 5.32 Å². The molecule has 1 atom stereocenters. The van der Waals surface area contributed by atoms with E-state index in [1.54, 1.807) is 0 Å². The van der Waals surface area contributed by atoms with Crippen LogP contribution in [0.1, 0.15) is 12.1 Å². The molecule has 0 spiro atoms. The van der Waals surface area contributed by atoms with Crippen LogP contribution in [0.5, 0.6) is 0 Å². The van der Waals surface area contributed by atoms with Crippen molar-refractivity contribution in [2.75, 3.05) is 19.0 Å². The predicted molar refractivity (Wildman–Crippen MR) is 58.3 cm³/mol. The van der Waals surface area contributed by atoms with Crippen LogP contribution in [0.2, 0.25) is 0 Å². The van der Waals surface area contributed by atoms with Crippen molar-refractivity contribution >= 4 is 11.8 Å². The second kappa shape index (κ2) is 6.40. The molecule has 0 aliphatic heterocycles. The normalized spacial score (nSPS) is 11.5. The van der Waals surface area contributed by atoms with E-state index < -0.39 is 12.0 Å². The van der Waals surface area contributed by atoms with Crippen molar-refractivity contribution in [2.45, 2.75) is 12.5 Å². The van der Waals surface area contributed by atoms with Gasteiger partial charge in [0.25, 0.3) is 0 Å². The summed E-state index contributed by atoms with van der Waals surface area (Å²) < 4.78 is 4.81. The molecule has 0 radical (unpaired) electrons. The number of hydrogen-bond acceptors (Lipinski definition) is 6. The molecule has 1 aromatic heterocycles. The zero-order valence-corrected chi connectivity index (χ0v) is 9.25. The Hall–Kier alpha value is -2.20. The topological polar surface area (TPSA) is 108 Å². The van der Waals surface area contributed by atoms with Crippen LogP contribution in [0.15, 0.2) is 12.4 Å². The number of hydrogen-bond donors (Lipinski definition) is 2. The number of nitrogens with one attached hydrogen (secondary N) is 1. The van der Waals surface area contributed by atoms with Gasteiger partial charge in [-0.15, -0.1) is 0 Å². The van der Waals surface area contributed by atoms with Crippen LogP contribution in [0.4, 0.5) is 5.82 Å². The van der Waals surface area contributed by atoms with Crippen LogP contribution in [-0.4, -0.2) is 40.8 Å². The Morgan fingerprint density at radius 3 is 2.94 bits per heavy atom. The molecule has 90 valence electrons. The summed E-state index contributed by atoms with van der Waals surface area (Å²) in [5.74, 6) is -0.866. The lowest BCUT2D eigenvalue weighted by molar-refractivity contribution is -0.138. The van der Waals surface area contributed by atoms with Crippen molar-refractivity contribution < 1.29 is 14.6 Å². The van der Waals surface area contributed by atoms with Gasteiger partial charge in [-0.25, -0.2) is 14.8 Å². The van der Waals surface area contributed by atoms with Gasteiger partial charge in [0.2, 0.25) is 0 Å². The Balaban J connectivity index is 2.79. The molecule has 7 heteroatoms. The van der Waals surface area contributed by atoms with Gasteiger partial charge in [0.1, 0.15) is 12.1 Å². The van der Waals surface area contributed by atoms with E-state index >= 15 is 0 Å². The second-order valence-corrected chi connectivity index (χ2v) is 3.18. The number of anilines is 1. The van der Waals surface area contributed by atoms with Crippen molar-refractivity contribution in [1.29, 1.82) is 5.26 Å². The molecule has 17 heavy (non-hydrogen) atoms. The van der Waals surface area contributed by atoms with E-state index in [4.69, 9.17) is 15.1 Å². The molecule has 7 nitrogen and oxygen atoms in total. The van der Waals surface area contributed by atoms with Gasteiger partial charge >= 0.3 is 5.97 Å². The van der Waals surface area contributed by atoms with E-state index in [1.807, 2.05) is 6.07 Å². The standard InChI is InChI=1S/C10H12N4O3/c1-17-5-2-7(10(15)16)14-9-8(6-11)12-3-4-13-9/h3-4,7H,2,5H2,1H3,(H,13,14)(H,15,16). The first-order valence-electron chi connectivity index (χ1n) is 4.88. The minimum absolute atomic E-state index is 0.0659. The Kier molecular flexibility index (Phi) is 4.84. The minimum Gasteiger partial charge on any atom is -0.480 e.